The molecule has 1 saturated heterocycles. The number of hydrogen-bond acceptors (Lipinski definition) is 2. The SMILES string of the molecule is O=C1C=C[C@H]2OC[C@H](c3ccccc3)N12. The van der Waals surface area contributed by atoms with E-state index >= 15 is 0 Å². The van der Waals surface area contributed by atoms with Crippen molar-refractivity contribution in [3.63, 3.8) is 0 Å². The maximum absolute atomic E-state index is 11.6. The molecular formula is C12H11NO2. The highest BCUT2D eigenvalue weighted by Gasteiger charge is 2.39. The van der Waals surface area contributed by atoms with E-state index in [0.29, 0.717) is 6.61 Å². The maximum Gasteiger partial charge on any atom is 0.249 e. The lowest BCUT2D eigenvalue weighted by Crippen LogP contribution is -2.31. The molecule has 1 aromatic carbocycles. The zero-order valence-electron chi connectivity index (χ0n) is 8.17. The minimum absolute atomic E-state index is 0.0475. The van der Waals surface area contributed by atoms with E-state index in [2.05, 4.69) is 0 Å². The van der Waals surface area contributed by atoms with Gasteiger partial charge < -0.3 is 9.64 Å². The van der Waals surface area contributed by atoms with Crippen molar-refractivity contribution in [3.05, 3.63) is 48.0 Å². The Bertz CT molecular complexity index is 413. The lowest BCUT2D eigenvalue weighted by molar-refractivity contribution is -0.128. The van der Waals surface area contributed by atoms with Crippen molar-refractivity contribution in [2.45, 2.75) is 12.3 Å². The summed E-state index contributed by atoms with van der Waals surface area (Å²) >= 11 is 0. The number of nitrogens with zero attached hydrogens (tertiary/aromatic N) is 1. The van der Waals surface area contributed by atoms with Gasteiger partial charge in [-0.15, -0.1) is 0 Å². The summed E-state index contributed by atoms with van der Waals surface area (Å²) in [6, 6.07) is 10.1. The molecule has 0 unspecified atom stereocenters. The molecule has 3 rings (SSSR count). The van der Waals surface area contributed by atoms with Crippen LogP contribution < -0.4 is 0 Å². The molecule has 1 amide bonds. The van der Waals surface area contributed by atoms with Gasteiger partial charge >= 0.3 is 0 Å². The lowest BCUT2D eigenvalue weighted by atomic mass is 10.1. The third-order valence-electron chi connectivity index (χ3n) is 2.88. The monoisotopic (exact) mass is 201 g/mol. The predicted molar refractivity (Wildman–Crippen MR) is 54.9 cm³/mol. The molecule has 2 atom stereocenters. The number of carbonyl (C=O) groups excluding carboxylic acids is 1. The van der Waals surface area contributed by atoms with E-state index in [1.54, 1.807) is 11.0 Å². The summed E-state index contributed by atoms with van der Waals surface area (Å²) in [4.78, 5) is 13.4. The minimum atomic E-state index is -0.150. The van der Waals surface area contributed by atoms with Gasteiger partial charge in [-0.3, -0.25) is 4.79 Å². The van der Waals surface area contributed by atoms with Gasteiger partial charge in [-0.25, -0.2) is 0 Å². The van der Waals surface area contributed by atoms with E-state index in [0.717, 1.165) is 5.56 Å². The maximum atomic E-state index is 11.6. The third-order valence-corrected chi connectivity index (χ3v) is 2.88. The molecule has 3 heteroatoms. The molecule has 2 heterocycles. The van der Waals surface area contributed by atoms with Crippen LogP contribution in [-0.4, -0.2) is 23.6 Å². The van der Waals surface area contributed by atoms with Crippen LogP contribution >= 0.6 is 0 Å². The molecule has 0 saturated carbocycles. The lowest BCUT2D eigenvalue weighted by Gasteiger charge is -2.21. The van der Waals surface area contributed by atoms with Gasteiger partial charge in [-0.05, 0) is 11.6 Å². The Morgan fingerprint density at radius 1 is 1.27 bits per heavy atom. The summed E-state index contributed by atoms with van der Waals surface area (Å²) in [6.07, 6.45) is 3.24. The number of amides is 1. The zero-order valence-corrected chi connectivity index (χ0v) is 8.17. The van der Waals surface area contributed by atoms with Crippen molar-refractivity contribution in [1.82, 2.24) is 4.90 Å². The fourth-order valence-electron chi connectivity index (χ4n) is 2.14. The van der Waals surface area contributed by atoms with Crippen LogP contribution in [0.25, 0.3) is 0 Å². The molecule has 2 aliphatic heterocycles. The van der Waals surface area contributed by atoms with E-state index in [9.17, 15) is 4.79 Å². The molecule has 2 aliphatic rings. The molecule has 76 valence electrons. The summed E-state index contributed by atoms with van der Waals surface area (Å²) in [5.74, 6) is 0.0475. The Kier molecular flexibility index (Phi) is 1.86. The van der Waals surface area contributed by atoms with Crippen LogP contribution in [0.1, 0.15) is 11.6 Å². The smallest absolute Gasteiger partial charge is 0.249 e. The molecule has 0 bridgehead atoms. The van der Waals surface area contributed by atoms with E-state index in [1.165, 1.54) is 0 Å². The summed E-state index contributed by atoms with van der Waals surface area (Å²) in [6.45, 7) is 0.588. The average molecular weight is 201 g/mol. The topological polar surface area (TPSA) is 29.5 Å². The fourth-order valence-corrected chi connectivity index (χ4v) is 2.14. The second-order valence-corrected chi connectivity index (χ2v) is 3.76. The molecule has 0 aromatic heterocycles. The second kappa shape index (κ2) is 3.21. The highest BCUT2D eigenvalue weighted by Crippen LogP contribution is 2.33. The fraction of sp³-hybridized carbons (Fsp3) is 0.250. The van der Waals surface area contributed by atoms with Crippen LogP contribution in [0, 0.1) is 0 Å². The van der Waals surface area contributed by atoms with Crippen LogP contribution in [0.2, 0.25) is 0 Å². The Balaban J connectivity index is 1.93. The van der Waals surface area contributed by atoms with Crippen molar-refractivity contribution < 1.29 is 9.53 Å². The Hall–Kier alpha value is -1.61. The van der Waals surface area contributed by atoms with E-state index in [-0.39, 0.29) is 18.2 Å². The van der Waals surface area contributed by atoms with Gasteiger partial charge in [0.1, 0.15) is 0 Å². The van der Waals surface area contributed by atoms with Gasteiger partial charge in [-0.1, -0.05) is 30.3 Å². The molecule has 0 N–H and O–H groups in total. The van der Waals surface area contributed by atoms with Crippen molar-refractivity contribution in [2.24, 2.45) is 0 Å². The molecule has 15 heavy (non-hydrogen) atoms. The first-order valence-electron chi connectivity index (χ1n) is 5.03. The van der Waals surface area contributed by atoms with Gasteiger partial charge in [0.2, 0.25) is 5.91 Å². The van der Waals surface area contributed by atoms with Crippen LogP contribution in [0.4, 0.5) is 0 Å². The Morgan fingerprint density at radius 2 is 2.07 bits per heavy atom. The Labute approximate surface area is 88.0 Å². The van der Waals surface area contributed by atoms with Gasteiger partial charge in [0.15, 0.2) is 6.23 Å². The van der Waals surface area contributed by atoms with E-state index in [4.69, 9.17) is 4.74 Å². The summed E-state index contributed by atoms with van der Waals surface area (Å²) in [5, 5.41) is 0. The number of ether oxygens (including phenoxy) is 1. The summed E-state index contributed by atoms with van der Waals surface area (Å²) in [5.41, 5.74) is 1.14. The molecule has 1 aromatic rings. The van der Waals surface area contributed by atoms with Crippen molar-refractivity contribution >= 4 is 5.91 Å². The molecular weight excluding hydrogens is 190 g/mol. The standard InChI is InChI=1S/C12H11NO2/c14-11-6-7-12-13(11)10(8-15-12)9-4-2-1-3-5-9/h1-7,10,12H,8H2/t10-,12-/m1/s1. The zero-order chi connectivity index (χ0) is 10.3. The van der Waals surface area contributed by atoms with Crippen LogP contribution in [0.15, 0.2) is 42.5 Å². The van der Waals surface area contributed by atoms with Gasteiger partial charge in [0.05, 0.1) is 12.6 Å². The summed E-state index contributed by atoms with van der Waals surface area (Å²) < 4.78 is 5.53. The molecule has 0 radical (unpaired) electrons. The third kappa shape index (κ3) is 1.27. The first-order chi connectivity index (χ1) is 7.36. The molecule has 3 nitrogen and oxygen atoms in total. The van der Waals surface area contributed by atoms with E-state index in [1.807, 2.05) is 36.4 Å². The van der Waals surface area contributed by atoms with Crippen LogP contribution in [0.3, 0.4) is 0 Å². The number of rotatable bonds is 1. The first kappa shape index (κ1) is 8.68. The highest BCUT2D eigenvalue weighted by molar-refractivity contribution is 5.91. The first-order valence-corrected chi connectivity index (χ1v) is 5.03. The second-order valence-electron chi connectivity index (χ2n) is 3.76. The number of carbonyl (C=O) groups is 1. The number of hydrogen-bond donors (Lipinski definition) is 0. The van der Waals surface area contributed by atoms with Gasteiger partial charge in [0.25, 0.3) is 0 Å². The van der Waals surface area contributed by atoms with Crippen LogP contribution in [0.5, 0.6) is 0 Å². The molecule has 1 fully saturated rings. The largest absolute Gasteiger partial charge is 0.352 e. The Morgan fingerprint density at radius 3 is 2.87 bits per heavy atom. The highest BCUT2D eigenvalue weighted by atomic mass is 16.5. The predicted octanol–water partition coefficient (Wildman–Crippen LogP) is 1.48. The normalized spacial score (nSPS) is 28.5. The number of fused-ring (bicyclic) bond motifs is 1. The number of benzene rings is 1. The van der Waals surface area contributed by atoms with Crippen LogP contribution in [-0.2, 0) is 9.53 Å². The quantitative estimate of drug-likeness (QED) is 0.688. The van der Waals surface area contributed by atoms with E-state index < -0.39 is 0 Å². The molecule has 0 spiro atoms. The van der Waals surface area contributed by atoms with Crippen molar-refractivity contribution in [2.75, 3.05) is 6.61 Å². The molecule has 0 aliphatic carbocycles. The average Bonchev–Trinajstić information content (AvgIpc) is 2.84. The summed E-state index contributed by atoms with van der Waals surface area (Å²) in [7, 11) is 0. The van der Waals surface area contributed by atoms with Gasteiger partial charge in [-0.2, -0.15) is 0 Å². The van der Waals surface area contributed by atoms with Crippen molar-refractivity contribution in [3.8, 4) is 0 Å². The van der Waals surface area contributed by atoms with Crippen molar-refractivity contribution in [1.29, 1.82) is 0 Å². The minimum Gasteiger partial charge on any atom is -0.352 e. The van der Waals surface area contributed by atoms with Gasteiger partial charge in [0, 0.05) is 6.08 Å².